The van der Waals surface area contributed by atoms with Crippen molar-refractivity contribution in [1.82, 2.24) is 9.62 Å². The summed E-state index contributed by atoms with van der Waals surface area (Å²) >= 11 is 0. The molecule has 1 aromatic rings. The van der Waals surface area contributed by atoms with Crippen LogP contribution in [-0.4, -0.2) is 39.5 Å². The number of nitrogen functional groups attached to an aromatic ring is 1. The van der Waals surface area contributed by atoms with E-state index in [0.29, 0.717) is 12.5 Å². The Morgan fingerprint density at radius 3 is 2.62 bits per heavy atom. The van der Waals surface area contributed by atoms with E-state index < -0.39 is 15.8 Å². The van der Waals surface area contributed by atoms with E-state index in [1.165, 1.54) is 12.1 Å². The molecule has 1 aliphatic heterocycles. The van der Waals surface area contributed by atoms with E-state index in [9.17, 15) is 12.8 Å². The normalized spacial score (nSPS) is 18.0. The molecule has 0 aliphatic carbocycles. The fourth-order valence-corrected chi connectivity index (χ4v) is 3.72. The van der Waals surface area contributed by atoms with Gasteiger partial charge in [-0.05, 0) is 56.6 Å². The van der Waals surface area contributed by atoms with Gasteiger partial charge in [0, 0.05) is 12.2 Å². The number of benzene rings is 1. The van der Waals surface area contributed by atoms with Crippen LogP contribution in [0, 0.1) is 11.7 Å². The highest BCUT2D eigenvalue weighted by Gasteiger charge is 2.23. The van der Waals surface area contributed by atoms with Crippen molar-refractivity contribution in [3.05, 3.63) is 24.0 Å². The molecule has 0 radical (unpaired) electrons. The number of hydrogen-bond donors (Lipinski definition) is 2. The van der Waals surface area contributed by atoms with Gasteiger partial charge >= 0.3 is 0 Å². The van der Waals surface area contributed by atoms with Crippen LogP contribution in [-0.2, 0) is 10.0 Å². The number of rotatable bonds is 5. The van der Waals surface area contributed by atoms with Crippen LogP contribution >= 0.6 is 0 Å². The van der Waals surface area contributed by atoms with Crippen molar-refractivity contribution in [3.63, 3.8) is 0 Å². The van der Waals surface area contributed by atoms with E-state index in [0.717, 1.165) is 38.5 Å². The SMILES string of the molecule is CCN1CCC(CNS(=O)(=O)c2ccc(N)cc2F)CC1. The number of halogens is 1. The number of nitrogens with one attached hydrogen (secondary N) is 1. The van der Waals surface area contributed by atoms with E-state index in [1.807, 2.05) is 0 Å². The maximum Gasteiger partial charge on any atom is 0.243 e. The second-order valence-corrected chi connectivity index (χ2v) is 7.15. The summed E-state index contributed by atoms with van der Waals surface area (Å²) in [5, 5.41) is 0. The van der Waals surface area contributed by atoms with Gasteiger partial charge < -0.3 is 10.6 Å². The smallest absolute Gasteiger partial charge is 0.243 e. The molecule has 5 nitrogen and oxygen atoms in total. The summed E-state index contributed by atoms with van der Waals surface area (Å²) in [5.41, 5.74) is 5.63. The molecule has 0 unspecified atom stereocenters. The molecule has 0 bridgehead atoms. The molecule has 2 rings (SSSR count). The van der Waals surface area contributed by atoms with Crippen LogP contribution in [0.3, 0.4) is 0 Å². The predicted molar refractivity (Wildman–Crippen MR) is 80.8 cm³/mol. The third-order valence-electron chi connectivity index (χ3n) is 3.96. The topological polar surface area (TPSA) is 75.4 Å². The monoisotopic (exact) mass is 315 g/mol. The Balaban J connectivity index is 1.96. The van der Waals surface area contributed by atoms with Crippen LogP contribution in [0.15, 0.2) is 23.1 Å². The van der Waals surface area contributed by atoms with Crippen LogP contribution in [0.5, 0.6) is 0 Å². The number of nitrogens with zero attached hydrogens (tertiary/aromatic N) is 1. The van der Waals surface area contributed by atoms with E-state index in [2.05, 4.69) is 16.5 Å². The average Bonchev–Trinajstić information content (AvgIpc) is 2.45. The first-order chi connectivity index (χ1) is 9.92. The van der Waals surface area contributed by atoms with Gasteiger partial charge in [0.15, 0.2) is 0 Å². The molecule has 0 amide bonds. The van der Waals surface area contributed by atoms with Crippen molar-refractivity contribution in [2.45, 2.75) is 24.7 Å². The van der Waals surface area contributed by atoms with Gasteiger partial charge in [0.1, 0.15) is 10.7 Å². The van der Waals surface area contributed by atoms with Gasteiger partial charge in [0.25, 0.3) is 0 Å². The summed E-state index contributed by atoms with van der Waals surface area (Å²) in [5.74, 6) is -0.511. The zero-order chi connectivity index (χ0) is 15.5. The predicted octanol–water partition coefficient (Wildman–Crippen LogP) is 1.42. The molecule has 7 heteroatoms. The third kappa shape index (κ3) is 4.15. The van der Waals surface area contributed by atoms with Crippen molar-refractivity contribution in [3.8, 4) is 0 Å². The molecule has 0 saturated carbocycles. The molecule has 1 aromatic carbocycles. The number of hydrogen-bond acceptors (Lipinski definition) is 4. The second-order valence-electron chi connectivity index (χ2n) is 5.42. The highest BCUT2D eigenvalue weighted by molar-refractivity contribution is 7.89. The Bertz CT molecular complexity index is 584. The van der Waals surface area contributed by atoms with Crippen molar-refractivity contribution < 1.29 is 12.8 Å². The van der Waals surface area contributed by atoms with E-state index >= 15 is 0 Å². The average molecular weight is 315 g/mol. The van der Waals surface area contributed by atoms with Crippen LogP contribution in [0.1, 0.15) is 19.8 Å². The number of likely N-dealkylation sites (tertiary alicyclic amines) is 1. The van der Waals surface area contributed by atoms with Gasteiger partial charge in [0.05, 0.1) is 0 Å². The minimum atomic E-state index is -3.82. The van der Waals surface area contributed by atoms with Crippen molar-refractivity contribution in [2.24, 2.45) is 5.92 Å². The molecule has 3 N–H and O–H groups in total. The van der Waals surface area contributed by atoms with Gasteiger partial charge in [-0.2, -0.15) is 0 Å². The Labute approximate surface area is 125 Å². The molecule has 1 heterocycles. The largest absolute Gasteiger partial charge is 0.399 e. The maximum atomic E-state index is 13.7. The molecule has 1 saturated heterocycles. The molecule has 1 aliphatic rings. The number of nitrogens with two attached hydrogens (primary N) is 1. The fourth-order valence-electron chi connectivity index (χ4n) is 2.55. The highest BCUT2D eigenvalue weighted by Crippen LogP contribution is 2.19. The van der Waals surface area contributed by atoms with E-state index in [4.69, 9.17) is 5.73 Å². The standard InChI is InChI=1S/C14H22FN3O2S/c1-2-18-7-5-11(6-8-18)10-17-21(19,20)14-4-3-12(16)9-13(14)15/h3-4,9,11,17H,2,5-8,10,16H2,1H3. The summed E-state index contributed by atoms with van der Waals surface area (Å²) in [4.78, 5) is 1.99. The van der Waals surface area contributed by atoms with Crippen molar-refractivity contribution in [1.29, 1.82) is 0 Å². The zero-order valence-corrected chi connectivity index (χ0v) is 13.0. The molecule has 0 atom stereocenters. The first kappa shape index (κ1) is 16.2. The summed E-state index contributed by atoms with van der Waals surface area (Å²) in [6, 6.07) is 3.61. The molecule has 0 aromatic heterocycles. The summed E-state index contributed by atoms with van der Waals surface area (Å²) in [6.07, 6.45) is 1.92. The molecule has 0 spiro atoms. The Hall–Kier alpha value is -1.18. The lowest BCUT2D eigenvalue weighted by Gasteiger charge is -2.30. The molecular formula is C14H22FN3O2S. The van der Waals surface area contributed by atoms with Crippen LogP contribution < -0.4 is 10.5 Å². The second kappa shape index (κ2) is 6.72. The van der Waals surface area contributed by atoms with Gasteiger partial charge in [-0.1, -0.05) is 6.92 Å². The van der Waals surface area contributed by atoms with E-state index in [-0.39, 0.29) is 10.6 Å². The van der Waals surface area contributed by atoms with Gasteiger partial charge in [-0.3, -0.25) is 0 Å². The lowest BCUT2D eigenvalue weighted by atomic mass is 9.97. The first-order valence-corrected chi connectivity index (χ1v) is 8.67. The van der Waals surface area contributed by atoms with Crippen LogP contribution in [0.4, 0.5) is 10.1 Å². The van der Waals surface area contributed by atoms with Crippen LogP contribution in [0.25, 0.3) is 0 Å². The fraction of sp³-hybridized carbons (Fsp3) is 0.571. The molecule has 1 fully saturated rings. The van der Waals surface area contributed by atoms with Crippen LogP contribution in [0.2, 0.25) is 0 Å². The molecule has 118 valence electrons. The number of piperidine rings is 1. The molecule has 21 heavy (non-hydrogen) atoms. The maximum absolute atomic E-state index is 13.7. The van der Waals surface area contributed by atoms with E-state index in [1.54, 1.807) is 0 Å². The van der Waals surface area contributed by atoms with Gasteiger partial charge in [-0.25, -0.2) is 17.5 Å². The van der Waals surface area contributed by atoms with Gasteiger partial charge in [-0.15, -0.1) is 0 Å². The summed E-state index contributed by atoms with van der Waals surface area (Å²) in [6.45, 7) is 5.46. The minimum absolute atomic E-state index is 0.207. The third-order valence-corrected chi connectivity index (χ3v) is 5.42. The van der Waals surface area contributed by atoms with Crippen molar-refractivity contribution in [2.75, 3.05) is 31.9 Å². The zero-order valence-electron chi connectivity index (χ0n) is 12.2. The summed E-state index contributed by atoms with van der Waals surface area (Å²) in [7, 11) is -3.82. The lowest BCUT2D eigenvalue weighted by molar-refractivity contribution is 0.193. The van der Waals surface area contributed by atoms with Crippen molar-refractivity contribution >= 4 is 15.7 Å². The number of sulfonamides is 1. The van der Waals surface area contributed by atoms with Gasteiger partial charge in [0.2, 0.25) is 10.0 Å². The Morgan fingerprint density at radius 2 is 2.05 bits per heavy atom. The quantitative estimate of drug-likeness (QED) is 0.806. The first-order valence-electron chi connectivity index (χ1n) is 7.19. The molecular weight excluding hydrogens is 293 g/mol. The Morgan fingerprint density at radius 1 is 1.38 bits per heavy atom. The number of anilines is 1. The highest BCUT2D eigenvalue weighted by atomic mass is 32.2. The Kier molecular flexibility index (Phi) is 5.18. The lowest BCUT2D eigenvalue weighted by Crippen LogP contribution is -2.38. The summed E-state index contributed by atoms with van der Waals surface area (Å²) < 4.78 is 40.5. The minimum Gasteiger partial charge on any atom is -0.399 e.